The number of anilines is 1. The maximum atomic E-state index is 6.24. The zero-order chi connectivity index (χ0) is 15.7. The molecule has 0 unspecified atom stereocenters. The van der Waals surface area contributed by atoms with E-state index >= 15 is 0 Å². The third-order valence-corrected chi connectivity index (χ3v) is 3.52. The van der Waals surface area contributed by atoms with Gasteiger partial charge in [-0.05, 0) is 61.4 Å². The molecule has 0 saturated heterocycles. The largest absolute Gasteiger partial charge is 0.497 e. The van der Waals surface area contributed by atoms with Crippen LogP contribution in [0.2, 0.25) is 0 Å². The molecule has 2 aromatic carbocycles. The van der Waals surface area contributed by atoms with E-state index in [0.717, 1.165) is 28.1 Å². The fraction of sp³-hybridized carbons (Fsp3) is 0.176. The van der Waals surface area contributed by atoms with Gasteiger partial charge in [-0.15, -0.1) is 5.10 Å². The first kappa shape index (κ1) is 14.1. The summed E-state index contributed by atoms with van der Waals surface area (Å²) in [4.78, 5) is 0. The van der Waals surface area contributed by atoms with Gasteiger partial charge in [0.25, 0.3) is 0 Å². The van der Waals surface area contributed by atoms with Crippen LogP contribution in [-0.2, 0) is 0 Å². The topological polar surface area (TPSA) is 66.0 Å². The summed E-state index contributed by atoms with van der Waals surface area (Å²) in [7, 11) is 1.64. The molecule has 0 fully saturated rings. The van der Waals surface area contributed by atoms with Crippen LogP contribution in [-0.4, -0.2) is 22.1 Å². The molecule has 0 radical (unpaired) electrons. The number of hydrogen-bond donors (Lipinski definition) is 1. The Hall–Kier alpha value is -2.82. The van der Waals surface area contributed by atoms with Crippen LogP contribution in [0.4, 0.5) is 5.82 Å². The Bertz CT molecular complexity index is 786. The number of ether oxygens (including phenoxy) is 1. The molecule has 3 rings (SSSR count). The molecule has 3 aromatic rings. The summed E-state index contributed by atoms with van der Waals surface area (Å²) >= 11 is 0. The second-order valence-electron chi connectivity index (χ2n) is 5.31. The van der Waals surface area contributed by atoms with Crippen molar-refractivity contribution in [3.8, 4) is 22.7 Å². The third-order valence-electron chi connectivity index (χ3n) is 3.52. The van der Waals surface area contributed by atoms with Crippen molar-refractivity contribution in [2.75, 3.05) is 12.8 Å². The number of nitrogens with zero attached hydrogens (tertiary/aromatic N) is 3. The van der Waals surface area contributed by atoms with Crippen LogP contribution in [0.1, 0.15) is 11.1 Å². The predicted octanol–water partition coefficient (Wildman–Crippen LogP) is 3.14. The average Bonchev–Trinajstić information content (AvgIpc) is 2.88. The van der Waals surface area contributed by atoms with Gasteiger partial charge in [0.05, 0.1) is 12.8 Å². The Morgan fingerprint density at radius 2 is 1.64 bits per heavy atom. The molecule has 0 amide bonds. The highest BCUT2D eigenvalue weighted by molar-refractivity contribution is 5.71. The molecular formula is C17H18N4O. The quantitative estimate of drug-likeness (QED) is 0.806. The minimum atomic E-state index is 0.523. The summed E-state index contributed by atoms with van der Waals surface area (Å²) in [6.07, 6.45) is 0. The number of nitrogen functional groups attached to an aromatic ring is 1. The van der Waals surface area contributed by atoms with Crippen molar-refractivity contribution in [2.24, 2.45) is 0 Å². The van der Waals surface area contributed by atoms with Crippen LogP contribution in [0.15, 0.2) is 42.5 Å². The Morgan fingerprint density at radius 1 is 1.00 bits per heavy atom. The summed E-state index contributed by atoms with van der Waals surface area (Å²) in [5.41, 5.74) is 11.1. The third kappa shape index (κ3) is 2.53. The minimum Gasteiger partial charge on any atom is -0.497 e. The van der Waals surface area contributed by atoms with E-state index in [1.165, 1.54) is 0 Å². The fourth-order valence-corrected chi connectivity index (χ4v) is 2.51. The molecule has 112 valence electrons. The molecule has 0 bridgehead atoms. The number of hydrogen-bond acceptors (Lipinski definition) is 4. The first-order valence-electron chi connectivity index (χ1n) is 7.03. The van der Waals surface area contributed by atoms with Crippen LogP contribution in [0.25, 0.3) is 16.9 Å². The fourth-order valence-electron chi connectivity index (χ4n) is 2.51. The van der Waals surface area contributed by atoms with E-state index in [-0.39, 0.29) is 0 Å². The molecule has 5 nitrogen and oxygen atoms in total. The van der Waals surface area contributed by atoms with Crippen molar-refractivity contribution >= 4 is 5.82 Å². The Kier molecular flexibility index (Phi) is 3.55. The van der Waals surface area contributed by atoms with Crippen molar-refractivity contribution in [1.29, 1.82) is 0 Å². The summed E-state index contributed by atoms with van der Waals surface area (Å²) in [6, 6.07) is 13.8. The molecule has 5 heteroatoms. The smallest absolute Gasteiger partial charge is 0.155 e. The van der Waals surface area contributed by atoms with Gasteiger partial charge in [0.1, 0.15) is 11.4 Å². The number of nitrogens with two attached hydrogens (primary N) is 1. The first-order valence-corrected chi connectivity index (χ1v) is 7.03. The number of aromatic nitrogens is 3. The maximum absolute atomic E-state index is 6.24. The molecule has 22 heavy (non-hydrogen) atoms. The lowest BCUT2D eigenvalue weighted by Crippen LogP contribution is -2.03. The molecule has 0 aliphatic carbocycles. The number of benzene rings is 2. The monoisotopic (exact) mass is 294 g/mol. The lowest BCUT2D eigenvalue weighted by Gasteiger charge is -2.06. The normalized spacial score (nSPS) is 10.7. The Balaban J connectivity index is 2.04. The second-order valence-corrected chi connectivity index (χ2v) is 5.31. The standard InChI is InChI=1S/C17H18N4O/c1-11-8-12(2)10-14(9-11)21-17(18)16(19-20-21)13-4-6-15(22-3)7-5-13/h4-10H,18H2,1-3H3. The molecule has 1 aromatic heterocycles. The van der Waals surface area contributed by atoms with Gasteiger partial charge >= 0.3 is 0 Å². The van der Waals surface area contributed by atoms with E-state index in [1.807, 2.05) is 50.2 Å². The van der Waals surface area contributed by atoms with Crippen molar-refractivity contribution in [3.05, 3.63) is 53.6 Å². The molecule has 0 aliphatic rings. The number of rotatable bonds is 3. The molecule has 0 aliphatic heterocycles. The second kappa shape index (κ2) is 5.52. The van der Waals surface area contributed by atoms with Crippen molar-refractivity contribution in [1.82, 2.24) is 15.0 Å². The van der Waals surface area contributed by atoms with Gasteiger partial charge in [-0.3, -0.25) is 0 Å². The van der Waals surface area contributed by atoms with Gasteiger partial charge in [-0.1, -0.05) is 11.3 Å². The van der Waals surface area contributed by atoms with Crippen molar-refractivity contribution in [3.63, 3.8) is 0 Å². The molecule has 2 N–H and O–H groups in total. The zero-order valence-electron chi connectivity index (χ0n) is 12.9. The Morgan fingerprint density at radius 3 is 2.23 bits per heavy atom. The molecular weight excluding hydrogens is 276 g/mol. The van der Waals surface area contributed by atoms with Crippen molar-refractivity contribution in [2.45, 2.75) is 13.8 Å². The minimum absolute atomic E-state index is 0.523. The summed E-state index contributed by atoms with van der Waals surface area (Å²) in [6.45, 7) is 4.10. The first-order chi connectivity index (χ1) is 10.6. The van der Waals surface area contributed by atoms with Gasteiger partial charge in [-0.2, -0.15) is 4.68 Å². The van der Waals surface area contributed by atoms with Crippen molar-refractivity contribution < 1.29 is 4.74 Å². The van der Waals surface area contributed by atoms with E-state index in [2.05, 4.69) is 16.4 Å². The van der Waals surface area contributed by atoms with E-state index < -0.39 is 0 Å². The molecule has 1 heterocycles. The predicted molar refractivity (Wildman–Crippen MR) is 87.2 cm³/mol. The SMILES string of the molecule is COc1ccc(-c2nnn(-c3cc(C)cc(C)c3)c2N)cc1. The highest BCUT2D eigenvalue weighted by Gasteiger charge is 2.13. The molecule has 0 saturated carbocycles. The van der Waals surface area contributed by atoms with Crippen LogP contribution < -0.4 is 10.5 Å². The lowest BCUT2D eigenvalue weighted by atomic mass is 10.1. The van der Waals surface area contributed by atoms with Gasteiger partial charge in [0.2, 0.25) is 0 Å². The number of methoxy groups -OCH3 is 1. The molecule has 0 spiro atoms. The zero-order valence-corrected chi connectivity index (χ0v) is 12.9. The highest BCUT2D eigenvalue weighted by atomic mass is 16.5. The summed E-state index contributed by atoms with van der Waals surface area (Å²) in [5.74, 6) is 1.32. The van der Waals surface area contributed by atoms with Crippen LogP contribution in [0.5, 0.6) is 5.75 Å². The average molecular weight is 294 g/mol. The van der Waals surface area contributed by atoms with E-state index in [0.29, 0.717) is 11.5 Å². The Labute approximate surface area is 129 Å². The van der Waals surface area contributed by atoms with Crippen LogP contribution >= 0.6 is 0 Å². The van der Waals surface area contributed by atoms with Gasteiger partial charge in [0.15, 0.2) is 5.82 Å². The van der Waals surface area contributed by atoms with Gasteiger partial charge in [-0.25, -0.2) is 0 Å². The van der Waals surface area contributed by atoms with E-state index in [4.69, 9.17) is 10.5 Å². The highest BCUT2D eigenvalue weighted by Crippen LogP contribution is 2.27. The lowest BCUT2D eigenvalue weighted by molar-refractivity contribution is 0.415. The van der Waals surface area contributed by atoms with E-state index in [1.54, 1.807) is 11.8 Å². The van der Waals surface area contributed by atoms with Gasteiger partial charge < -0.3 is 10.5 Å². The number of aryl methyl sites for hydroxylation is 2. The van der Waals surface area contributed by atoms with Gasteiger partial charge in [0, 0.05) is 5.56 Å². The van der Waals surface area contributed by atoms with Crippen LogP contribution in [0, 0.1) is 13.8 Å². The molecule has 0 atom stereocenters. The maximum Gasteiger partial charge on any atom is 0.155 e. The van der Waals surface area contributed by atoms with Crippen LogP contribution in [0.3, 0.4) is 0 Å². The summed E-state index contributed by atoms with van der Waals surface area (Å²) in [5, 5.41) is 8.42. The van der Waals surface area contributed by atoms with E-state index in [9.17, 15) is 0 Å². The summed E-state index contributed by atoms with van der Waals surface area (Å²) < 4.78 is 6.83.